The number of nitrogens with zero attached hydrogens (tertiary/aromatic N) is 1. The Bertz CT molecular complexity index is 280. The third kappa shape index (κ3) is 3.18. The summed E-state index contributed by atoms with van der Waals surface area (Å²) in [5.41, 5.74) is 5.48. The summed E-state index contributed by atoms with van der Waals surface area (Å²) in [6.45, 7) is 2.70. The van der Waals surface area contributed by atoms with Crippen LogP contribution in [-0.2, 0) is 9.59 Å². The summed E-state index contributed by atoms with van der Waals surface area (Å²) in [5, 5.41) is 17.9. The van der Waals surface area contributed by atoms with Gasteiger partial charge in [0.1, 0.15) is 0 Å². The smallest absolute Gasteiger partial charge is 0.305 e. The number of hydrogen-bond donors (Lipinski definition) is 3. The highest BCUT2D eigenvalue weighted by Gasteiger charge is 2.31. The number of nitrogens with two attached hydrogens (primary N) is 1. The van der Waals surface area contributed by atoms with Crippen molar-refractivity contribution < 1.29 is 19.8 Å². The Kier molecular flexibility index (Phi) is 4.26. The number of hydrogen-bond acceptors (Lipinski definition) is 4. The standard InChI is InChI=1S/C10H18N2O4/c1-6(13)7-2-3-12(5-7)10(16)8(11)4-9(14)15/h6-8,13H,2-5,11H2,1H3,(H,14,15). The van der Waals surface area contributed by atoms with Crippen molar-refractivity contribution in [1.29, 1.82) is 0 Å². The second kappa shape index (κ2) is 5.27. The van der Waals surface area contributed by atoms with Crippen LogP contribution in [0, 0.1) is 5.92 Å². The third-order valence-electron chi connectivity index (χ3n) is 2.93. The van der Waals surface area contributed by atoms with Crippen LogP contribution in [0.25, 0.3) is 0 Å². The number of aliphatic carboxylic acids is 1. The number of carboxylic acids is 1. The molecular formula is C10H18N2O4. The highest BCUT2D eigenvalue weighted by Crippen LogP contribution is 2.20. The molecule has 3 atom stereocenters. The van der Waals surface area contributed by atoms with Crippen molar-refractivity contribution in [3.63, 3.8) is 0 Å². The molecule has 1 fully saturated rings. The van der Waals surface area contributed by atoms with Gasteiger partial charge in [0.2, 0.25) is 5.91 Å². The molecule has 0 saturated carbocycles. The van der Waals surface area contributed by atoms with Crippen molar-refractivity contribution in [2.45, 2.75) is 31.9 Å². The molecule has 1 rings (SSSR count). The largest absolute Gasteiger partial charge is 0.481 e. The van der Waals surface area contributed by atoms with Crippen molar-refractivity contribution in [2.75, 3.05) is 13.1 Å². The Balaban J connectivity index is 2.47. The lowest BCUT2D eigenvalue weighted by molar-refractivity contribution is -0.141. The van der Waals surface area contributed by atoms with Gasteiger partial charge in [-0.1, -0.05) is 0 Å². The van der Waals surface area contributed by atoms with Crippen LogP contribution >= 0.6 is 0 Å². The van der Waals surface area contributed by atoms with Crippen LogP contribution in [0.15, 0.2) is 0 Å². The van der Waals surface area contributed by atoms with E-state index in [0.717, 1.165) is 6.42 Å². The Morgan fingerprint density at radius 1 is 1.56 bits per heavy atom. The van der Waals surface area contributed by atoms with Crippen molar-refractivity contribution in [3.8, 4) is 0 Å². The number of carbonyl (C=O) groups excluding carboxylic acids is 1. The van der Waals surface area contributed by atoms with Gasteiger partial charge in [-0.25, -0.2) is 0 Å². The fourth-order valence-corrected chi connectivity index (χ4v) is 1.89. The molecule has 1 heterocycles. The summed E-state index contributed by atoms with van der Waals surface area (Å²) < 4.78 is 0. The minimum atomic E-state index is -1.08. The summed E-state index contributed by atoms with van der Waals surface area (Å²) >= 11 is 0. The topological polar surface area (TPSA) is 104 Å². The van der Waals surface area contributed by atoms with E-state index in [2.05, 4.69) is 0 Å². The molecule has 3 unspecified atom stereocenters. The summed E-state index contributed by atoms with van der Waals surface area (Å²) in [6, 6.07) is -0.981. The Morgan fingerprint density at radius 3 is 2.62 bits per heavy atom. The first-order valence-corrected chi connectivity index (χ1v) is 5.36. The van der Waals surface area contributed by atoms with E-state index >= 15 is 0 Å². The first-order chi connectivity index (χ1) is 7.41. The SMILES string of the molecule is CC(O)C1CCN(C(=O)C(N)CC(=O)O)C1. The second-order valence-electron chi connectivity index (χ2n) is 4.28. The van der Waals surface area contributed by atoms with Crippen LogP contribution in [0.5, 0.6) is 0 Å². The molecule has 1 saturated heterocycles. The number of aliphatic hydroxyl groups excluding tert-OH is 1. The highest BCUT2D eigenvalue weighted by molar-refractivity contribution is 5.86. The Labute approximate surface area is 94.0 Å². The van der Waals surface area contributed by atoms with Gasteiger partial charge in [-0.2, -0.15) is 0 Å². The number of amides is 1. The van der Waals surface area contributed by atoms with Crippen molar-refractivity contribution >= 4 is 11.9 Å². The molecule has 0 radical (unpaired) electrons. The van der Waals surface area contributed by atoms with E-state index in [1.54, 1.807) is 6.92 Å². The van der Waals surface area contributed by atoms with Gasteiger partial charge >= 0.3 is 5.97 Å². The summed E-state index contributed by atoms with van der Waals surface area (Å²) in [6.07, 6.45) is -0.0637. The summed E-state index contributed by atoms with van der Waals surface area (Å²) in [5.74, 6) is -1.35. The van der Waals surface area contributed by atoms with Gasteiger partial charge in [-0.15, -0.1) is 0 Å². The molecule has 92 valence electrons. The fourth-order valence-electron chi connectivity index (χ4n) is 1.89. The molecule has 6 nitrogen and oxygen atoms in total. The zero-order chi connectivity index (χ0) is 12.3. The lowest BCUT2D eigenvalue weighted by Gasteiger charge is -2.20. The van der Waals surface area contributed by atoms with Gasteiger partial charge in [0.25, 0.3) is 0 Å². The minimum absolute atomic E-state index is 0.0704. The third-order valence-corrected chi connectivity index (χ3v) is 2.93. The van der Waals surface area contributed by atoms with Gasteiger partial charge < -0.3 is 20.8 Å². The normalized spacial score (nSPS) is 24.2. The maximum atomic E-state index is 11.7. The average molecular weight is 230 g/mol. The van der Waals surface area contributed by atoms with E-state index in [4.69, 9.17) is 10.8 Å². The van der Waals surface area contributed by atoms with Gasteiger partial charge in [0, 0.05) is 19.0 Å². The van der Waals surface area contributed by atoms with Gasteiger partial charge in [0.15, 0.2) is 0 Å². The average Bonchev–Trinajstić information content (AvgIpc) is 2.64. The predicted molar refractivity (Wildman–Crippen MR) is 56.6 cm³/mol. The number of rotatable bonds is 4. The maximum absolute atomic E-state index is 11.7. The van der Waals surface area contributed by atoms with Crippen LogP contribution < -0.4 is 5.73 Å². The first kappa shape index (κ1) is 12.9. The molecule has 0 spiro atoms. The van der Waals surface area contributed by atoms with Crippen LogP contribution in [-0.4, -0.2) is 52.2 Å². The van der Waals surface area contributed by atoms with E-state index in [1.165, 1.54) is 4.90 Å². The van der Waals surface area contributed by atoms with Crippen molar-refractivity contribution in [2.24, 2.45) is 11.7 Å². The van der Waals surface area contributed by atoms with Crippen molar-refractivity contribution in [3.05, 3.63) is 0 Å². The Morgan fingerprint density at radius 2 is 2.19 bits per heavy atom. The molecule has 1 aliphatic rings. The molecule has 0 aromatic heterocycles. The molecule has 0 bridgehead atoms. The predicted octanol–water partition coefficient (Wildman–Crippen LogP) is -0.982. The molecular weight excluding hydrogens is 212 g/mol. The van der Waals surface area contributed by atoms with E-state index in [0.29, 0.717) is 13.1 Å². The van der Waals surface area contributed by atoms with Crippen LogP contribution in [0.3, 0.4) is 0 Å². The van der Waals surface area contributed by atoms with Gasteiger partial charge in [0.05, 0.1) is 18.6 Å². The van der Waals surface area contributed by atoms with Crippen LogP contribution in [0.2, 0.25) is 0 Å². The number of aliphatic hydroxyl groups is 1. The zero-order valence-electron chi connectivity index (χ0n) is 9.30. The lowest BCUT2D eigenvalue weighted by Crippen LogP contribution is -2.44. The monoisotopic (exact) mass is 230 g/mol. The number of likely N-dealkylation sites (tertiary alicyclic amines) is 1. The van der Waals surface area contributed by atoms with Gasteiger partial charge in [-0.05, 0) is 13.3 Å². The summed E-state index contributed by atoms with van der Waals surface area (Å²) in [4.78, 5) is 23.6. The molecule has 0 aliphatic carbocycles. The first-order valence-electron chi connectivity index (χ1n) is 5.36. The fraction of sp³-hybridized carbons (Fsp3) is 0.800. The highest BCUT2D eigenvalue weighted by atomic mass is 16.4. The molecule has 6 heteroatoms. The second-order valence-corrected chi connectivity index (χ2v) is 4.28. The number of carbonyl (C=O) groups is 2. The lowest BCUT2D eigenvalue weighted by atomic mass is 10.0. The van der Waals surface area contributed by atoms with Crippen LogP contribution in [0.1, 0.15) is 19.8 Å². The molecule has 4 N–H and O–H groups in total. The number of carboxylic acid groups (broad SMARTS) is 1. The molecule has 1 amide bonds. The van der Waals surface area contributed by atoms with Crippen molar-refractivity contribution in [1.82, 2.24) is 4.90 Å². The van der Waals surface area contributed by atoms with E-state index in [1.807, 2.05) is 0 Å². The molecule has 0 aromatic rings. The van der Waals surface area contributed by atoms with E-state index in [9.17, 15) is 14.7 Å². The molecule has 0 aromatic carbocycles. The van der Waals surface area contributed by atoms with E-state index in [-0.39, 0.29) is 18.2 Å². The molecule has 16 heavy (non-hydrogen) atoms. The van der Waals surface area contributed by atoms with Crippen LogP contribution in [0.4, 0.5) is 0 Å². The van der Waals surface area contributed by atoms with E-state index < -0.39 is 18.1 Å². The van der Waals surface area contributed by atoms with Gasteiger partial charge in [-0.3, -0.25) is 9.59 Å². The minimum Gasteiger partial charge on any atom is -0.481 e. The zero-order valence-corrected chi connectivity index (χ0v) is 9.30. The Hall–Kier alpha value is -1.14. The summed E-state index contributed by atoms with van der Waals surface area (Å²) in [7, 11) is 0. The molecule has 1 aliphatic heterocycles. The maximum Gasteiger partial charge on any atom is 0.305 e. The quantitative estimate of drug-likeness (QED) is 0.575.